The van der Waals surface area contributed by atoms with Gasteiger partial charge in [-0.1, -0.05) is 6.58 Å². The summed E-state index contributed by atoms with van der Waals surface area (Å²) in [7, 11) is 0.949. The number of nitrogens with zero attached hydrogens (tertiary/aromatic N) is 2. The van der Waals surface area contributed by atoms with Crippen molar-refractivity contribution < 1.29 is 74.6 Å². The van der Waals surface area contributed by atoms with Gasteiger partial charge >= 0.3 is 0 Å². The van der Waals surface area contributed by atoms with Crippen LogP contribution in [0.5, 0.6) is 17.2 Å². The quantitative estimate of drug-likeness (QED) is 0.0376. The smallest absolute Gasteiger partial charge is 0.279 e. The Bertz CT molecular complexity index is 1450. The first-order chi connectivity index (χ1) is 20.9. The van der Waals surface area contributed by atoms with Crippen LogP contribution in [0.2, 0.25) is 0 Å². The van der Waals surface area contributed by atoms with Crippen LogP contribution in [0.25, 0.3) is 0 Å². The number of aliphatic hydroxyl groups is 7. The zero-order valence-corrected chi connectivity index (χ0v) is 23.7. The van der Waals surface area contributed by atoms with E-state index in [1.165, 1.54) is 0 Å². The number of carbonyl (C=O) groups excluding carboxylic acids is 3. The van der Waals surface area contributed by atoms with Crippen LogP contribution in [0.4, 0.5) is 4.39 Å². The zero-order valence-electron chi connectivity index (χ0n) is 23.7. The highest BCUT2D eigenvalue weighted by Gasteiger charge is 2.60. The Labute approximate surface area is 253 Å². The zero-order chi connectivity index (χ0) is 34.0. The van der Waals surface area contributed by atoms with Crippen molar-refractivity contribution in [1.29, 1.82) is 0 Å². The Morgan fingerprint density at radius 3 is 2.18 bits per heavy atom. The van der Waals surface area contributed by atoms with Crippen LogP contribution in [-0.4, -0.2) is 136 Å². The number of morpholine rings is 1. The van der Waals surface area contributed by atoms with Crippen molar-refractivity contribution in [3.63, 3.8) is 0 Å². The summed E-state index contributed by atoms with van der Waals surface area (Å²) in [6, 6.07) is -2.71. The average molecular weight is 645 g/mol. The number of carbonyl (C=O) groups is 3. The number of nitrogens with one attached hydrogen (secondary N) is 2. The molecule has 19 heteroatoms. The fourth-order valence-electron chi connectivity index (χ4n) is 4.71. The van der Waals surface area contributed by atoms with Gasteiger partial charge in [0.1, 0.15) is 5.82 Å². The maximum atomic E-state index is 15.5. The van der Waals surface area contributed by atoms with E-state index in [0.29, 0.717) is 26.3 Å². The first kappa shape index (κ1) is 34.8. The third-order valence-corrected chi connectivity index (χ3v) is 7.26. The van der Waals surface area contributed by atoms with Gasteiger partial charge in [-0.15, -0.1) is 0 Å². The Morgan fingerprint density at radius 1 is 1.07 bits per heavy atom. The molecule has 2 heterocycles. The molecule has 0 radical (unpaired) electrons. The summed E-state index contributed by atoms with van der Waals surface area (Å²) in [4.78, 5) is 39.0. The highest BCUT2D eigenvalue weighted by molar-refractivity contribution is 6.05. The number of likely N-dealkylation sites (tertiary alicyclic amines) is 1. The minimum atomic E-state index is -4.10. The minimum Gasteiger partial charge on any atom is -0.505 e. The van der Waals surface area contributed by atoms with Gasteiger partial charge in [0.2, 0.25) is 11.7 Å². The monoisotopic (exact) mass is 644 g/mol. The lowest BCUT2D eigenvalue weighted by molar-refractivity contribution is -0.345. The summed E-state index contributed by atoms with van der Waals surface area (Å²) in [5, 5.41) is 107. The van der Waals surface area contributed by atoms with Crippen molar-refractivity contribution >= 4 is 18.1 Å². The predicted molar refractivity (Wildman–Crippen MR) is 145 cm³/mol. The minimum absolute atomic E-state index is 0.191. The molecule has 1 atom stereocenters. The molecule has 0 bridgehead atoms. The molecule has 0 saturated carbocycles. The van der Waals surface area contributed by atoms with E-state index in [-0.39, 0.29) is 11.4 Å². The Kier molecular flexibility index (Phi) is 10.2. The van der Waals surface area contributed by atoms with Gasteiger partial charge in [0.15, 0.2) is 41.2 Å². The molecule has 0 spiro atoms. The van der Waals surface area contributed by atoms with E-state index in [9.17, 15) is 65.4 Å². The molecule has 2 saturated heterocycles. The molecule has 2 amide bonds. The standard InChI is InChI=1S/C26H33FN4O14/c1-11(33)17(34)15-13(9-31(24(15)40)21(23(39)28-2)26(43,44)25(41,42)10-32)22(38)29-7-12-16(27)14(19(36)20(37)18(12)35)8-30-3-5-45-6-4-30/h10,21,29,33-38,41-44H,1,3-9H2,2H3,(H,28,39)/b17-15-,22-13-. The number of aliphatic hydroxyl groups excluding tert-OH is 3. The topological polar surface area (TPSA) is 293 Å². The van der Waals surface area contributed by atoms with Gasteiger partial charge in [-0.05, 0) is 0 Å². The molecule has 3 rings (SSSR count). The SMILES string of the molecule is C=C(O)/C(O)=C1/C(=O)N(C(C(=O)NC)C(O)(O)C(O)(O)C=O)C/C1=C(/O)NCc1c(O)c(O)c(O)c(CN2CCOCC2)c1F. The highest BCUT2D eigenvalue weighted by Crippen LogP contribution is 2.43. The number of benzene rings is 1. The maximum absolute atomic E-state index is 15.5. The van der Waals surface area contributed by atoms with Crippen LogP contribution in [0.15, 0.2) is 35.1 Å². The van der Waals surface area contributed by atoms with Crippen LogP contribution >= 0.6 is 0 Å². The Morgan fingerprint density at radius 2 is 1.64 bits per heavy atom. The van der Waals surface area contributed by atoms with E-state index >= 15 is 4.39 Å². The van der Waals surface area contributed by atoms with Crippen LogP contribution in [-0.2, 0) is 32.2 Å². The molecule has 1 aromatic carbocycles. The number of hydrogen-bond donors (Lipinski definition) is 12. The summed E-state index contributed by atoms with van der Waals surface area (Å²) in [5.74, 6) is -19.0. The van der Waals surface area contributed by atoms with E-state index in [4.69, 9.17) is 4.74 Å². The second-order valence-electron chi connectivity index (χ2n) is 10.1. The maximum Gasteiger partial charge on any atom is 0.279 e. The second kappa shape index (κ2) is 13.1. The van der Waals surface area contributed by atoms with Crippen molar-refractivity contribution in [3.05, 3.63) is 52.1 Å². The fraction of sp³-hybridized carbons (Fsp3) is 0.423. The number of aromatic hydroxyl groups is 3. The lowest BCUT2D eigenvalue weighted by Crippen LogP contribution is -2.70. The number of hydrogen-bond acceptors (Lipinski definition) is 16. The van der Waals surface area contributed by atoms with E-state index in [1.54, 1.807) is 4.90 Å². The first-order valence-corrected chi connectivity index (χ1v) is 13.0. The van der Waals surface area contributed by atoms with Gasteiger partial charge < -0.3 is 71.3 Å². The molecule has 0 aromatic heterocycles. The Hall–Kier alpha value is -4.66. The summed E-state index contributed by atoms with van der Waals surface area (Å²) in [6.45, 7) is 2.29. The number of rotatable bonds is 11. The van der Waals surface area contributed by atoms with Crippen molar-refractivity contribution in [2.45, 2.75) is 30.7 Å². The summed E-state index contributed by atoms with van der Waals surface area (Å²) in [6.07, 6.45) is -0.746. The normalized spacial score (nSPS) is 19.2. The molecule has 248 valence electrons. The fourth-order valence-corrected chi connectivity index (χ4v) is 4.71. The number of amides is 2. The van der Waals surface area contributed by atoms with E-state index < -0.39 is 112 Å². The van der Waals surface area contributed by atoms with Gasteiger partial charge in [0.05, 0.1) is 30.9 Å². The third kappa shape index (κ3) is 6.43. The average Bonchev–Trinajstić information content (AvgIpc) is 3.33. The number of phenols is 3. The summed E-state index contributed by atoms with van der Waals surface area (Å²) < 4.78 is 20.8. The van der Waals surface area contributed by atoms with Crippen LogP contribution < -0.4 is 10.6 Å². The largest absolute Gasteiger partial charge is 0.505 e. The van der Waals surface area contributed by atoms with Gasteiger partial charge in [0.25, 0.3) is 17.5 Å². The van der Waals surface area contributed by atoms with E-state index in [0.717, 1.165) is 7.05 Å². The van der Waals surface area contributed by atoms with Crippen LogP contribution in [0, 0.1) is 5.82 Å². The number of phenolic OH excluding ortho intramolecular Hbond substituents is 3. The molecule has 2 aliphatic heterocycles. The number of aldehydes is 1. The van der Waals surface area contributed by atoms with Gasteiger partial charge in [0, 0.05) is 44.4 Å². The van der Waals surface area contributed by atoms with Gasteiger partial charge in [-0.25, -0.2) is 4.39 Å². The van der Waals surface area contributed by atoms with Crippen LogP contribution in [0.3, 0.4) is 0 Å². The Balaban J connectivity index is 2.08. The van der Waals surface area contributed by atoms with Crippen molar-refractivity contribution in [2.75, 3.05) is 39.9 Å². The van der Waals surface area contributed by atoms with Crippen molar-refractivity contribution in [1.82, 2.24) is 20.4 Å². The van der Waals surface area contributed by atoms with Gasteiger partial charge in [-0.3, -0.25) is 19.3 Å². The molecular formula is C26H33FN4O14. The van der Waals surface area contributed by atoms with Gasteiger partial charge in [-0.2, -0.15) is 0 Å². The van der Waals surface area contributed by atoms with Crippen LogP contribution in [0.1, 0.15) is 11.1 Å². The van der Waals surface area contributed by atoms with Crippen molar-refractivity contribution in [2.24, 2.45) is 0 Å². The molecule has 12 N–H and O–H groups in total. The molecule has 45 heavy (non-hydrogen) atoms. The number of likely N-dealkylation sites (N-methyl/N-ethyl adjacent to an activating group) is 1. The third-order valence-electron chi connectivity index (χ3n) is 7.26. The molecular weight excluding hydrogens is 611 g/mol. The summed E-state index contributed by atoms with van der Waals surface area (Å²) >= 11 is 0. The lowest BCUT2D eigenvalue weighted by Gasteiger charge is -2.40. The molecule has 0 aliphatic carbocycles. The van der Waals surface area contributed by atoms with Crippen molar-refractivity contribution in [3.8, 4) is 17.2 Å². The number of halogens is 1. The second-order valence-corrected chi connectivity index (χ2v) is 10.1. The molecule has 2 aliphatic rings. The molecule has 1 unspecified atom stereocenters. The van der Waals surface area contributed by atoms with E-state index in [1.807, 2.05) is 5.32 Å². The number of ether oxygens (including phenoxy) is 1. The predicted octanol–water partition coefficient (Wildman–Crippen LogP) is -2.96. The molecule has 1 aromatic rings. The molecule has 18 nitrogen and oxygen atoms in total. The molecule has 2 fully saturated rings. The summed E-state index contributed by atoms with van der Waals surface area (Å²) in [5.41, 5.74) is -2.79. The first-order valence-electron chi connectivity index (χ1n) is 13.0. The highest BCUT2D eigenvalue weighted by atomic mass is 19.1. The lowest BCUT2D eigenvalue weighted by atomic mass is 9.96. The van der Waals surface area contributed by atoms with E-state index in [2.05, 4.69) is 11.9 Å².